The van der Waals surface area contributed by atoms with Crippen molar-refractivity contribution in [3.05, 3.63) is 59.7 Å². The van der Waals surface area contributed by atoms with Crippen LogP contribution in [0.4, 0.5) is 5.69 Å². The number of aryl methyl sites for hydroxylation is 1. The maximum absolute atomic E-state index is 12.4. The molecular weight excluding hydrogens is 350 g/mol. The first kappa shape index (κ1) is 19.9. The molecule has 0 aliphatic heterocycles. The van der Waals surface area contributed by atoms with E-state index in [0.717, 1.165) is 12.1 Å². The van der Waals surface area contributed by atoms with Crippen molar-refractivity contribution in [2.45, 2.75) is 31.7 Å². The van der Waals surface area contributed by atoms with Crippen LogP contribution >= 0.6 is 0 Å². The van der Waals surface area contributed by atoms with Crippen LogP contribution < -0.4 is 15.4 Å². The summed E-state index contributed by atoms with van der Waals surface area (Å²) < 4.78 is 27.4. The van der Waals surface area contributed by atoms with Crippen LogP contribution in [-0.4, -0.2) is 33.5 Å². The van der Waals surface area contributed by atoms with Crippen molar-refractivity contribution in [3.63, 3.8) is 0 Å². The van der Waals surface area contributed by atoms with Crippen LogP contribution in [0.5, 0.6) is 0 Å². The van der Waals surface area contributed by atoms with Crippen molar-refractivity contribution in [2.24, 2.45) is 0 Å². The summed E-state index contributed by atoms with van der Waals surface area (Å²) in [5.41, 5.74) is 1.96. The Hall–Kier alpha value is -2.38. The summed E-state index contributed by atoms with van der Waals surface area (Å²) in [6.07, 6.45) is 0. The van der Waals surface area contributed by atoms with E-state index >= 15 is 0 Å². The van der Waals surface area contributed by atoms with Gasteiger partial charge in [0.05, 0.1) is 4.90 Å². The van der Waals surface area contributed by atoms with Crippen molar-refractivity contribution >= 4 is 21.6 Å². The average Bonchev–Trinajstić information content (AvgIpc) is 2.62. The number of hydrogen-bond donors (Lipinski definition) is 3. The Bertz CT molecular complexity index is 831. The van der Waals surface area contributed by atoms with Gasteiger partial charge in [-0.05, 0) is 56.8 Å². The molecule has 0 radical (unpaired) electrons. The van der Waals surface area contributed by atoms with Crippen LogP contribution in [0.2, 0.25) is 0 Å². The first-order chi connectivity index (χ1) is 12.3. The Balaban J connectivity index is 2.03. The largest absolute Gasteiger partial charge is 0.350 e. The highest BCUT2D eigenvalue weighted by atomic mass is 32.2. The fourth-order valence-electron chi connectivity index (χ4n) is 2.39. The number of anilines is 1. The first-order valence-corrected chi connectivity index (χ1v) is 10.0. The van der Waals surface area contributed by atoms with E-state index in [0.29, 0.717) is 17.8 Å². The predicted octanol–water partition coefficient (Wildman–Crippen LogP) is 2.52. The summed E-state index contributed by atoms with van der Waals surface area (Å²) in [5.74, 6) is -0.231. The van der Waals surface area contributed by atoms with Crippen molar-refractivity contribution in [2.75, 3.05) is 17.8 Å². The van der Waals surface area contributed by atoms with Crippen LogP contribution in [0.15, 0.2) is 53.4 Å². The molecule has 0 fully saturated rings. The normalized spacial score (nSPS) is 12.4. The van der Waals surface area contributed by atoms with Gasteiger partial charge in [-0.1, -0.05) is 24.6 Å². The van der Waals surface area contributed by atoms with E-state index in [9.17, 15) is 13.2 Å². The molecular formula is C19H25N3O3S. The molecule has 0 aliphatic rings. The molecule has 7 heteroatoms. The van der Waals surface area contributed by atoms with Gasteiger partial charge in [0.15, 0.2) is 0 Å². The third kappa shape index (κ3) is 5.57. The minimum Gasteiger partial charge on any atom is -0.350 e. The maximum Gasteiger partial charge on any atom is 0.261 e. The summed E-state index contributed by atoms with van der Waals surface area (Å²) in [6.45, 7) is 7.25. The van der Waals surface area contributed by atoms with Crippen LogP contribution in [0.3, 0.4) is 0 Å². The Morgan fingerprint density at radius 1 is 1.04 bits per heavy atom. The molecule has 140 valence electrons. The van der Waals surface area contributed by atoms with Crippen molar-refractivity contribution < 1.29 is 13.2 Å². The summed E-state index contributed by atoms with van der Waals surface area (Å²) in [6, 6.07) is 13.1. The van der Waals surface area contributed by atoms with Crippen molar-refractivity contribution in [1.82, 2.24) is 10.6 Å². The van der Waals surface area contributed by atoms with Gasteiger partial charge >= 0.3 is 0 Å². The van der Waals surface area contributed by atoms with Crippen LogP contribution in [0, 0.1) is 6.92 Å². The lowest BCUT2D eigenvalue weighted by Gasteiger charge is -2.13. The van der Waals surface area contributed by atoms with E-state index in [2.05, 4.69) is 15.4 Å². The molecule has 0 saturated heterocycles. The number of benzene rings is 2. The number of carbonyl (C=O) groups is 1. The number of amides is 1. The molecule has 0 aromatic heterocycles. The predicted molar refractivity (Wildman–Crippen MR) is 104 cm³/mol. The molecule has 0 aliphatic carbocycles. The number of likely N-dealkylation sites (N-methyl/N-ethyl adjacent to an activating group) is 1. The van der Waals surface area contributed by atoms with E-state index < -0.39 is 10.0 Å². The minimum atomic E-state index is -3.69. The van der Waals surface area contributed by atoms with Gasteiger partial charge in [0.1, 0.15) is 0 Å². The lowest BCUT2D eigenvalue weighted by Crippen LogP contribution is -2.38. The molecule has 2 aromatic carbocycles. The monoisotopic (exact) mass is 375 g/mol. The third-order valence-corrected chi connectivity index (χ3v) is 5.25. The van der Waals surface area contributed by atoms with Gasteiger partial charge in [0.25, 0.3) is 15.9 Å². The van der Waals surface area contributed by atoms with Crippen LogP contribution in [-0.2, 0) is 10.0 Å². The second-order valence-corrected chi connectivity index (χ2v) is 7.85. The van der Waals surface area contributed by atoms with Gasteiger partial charge in [-0.25, -0.2) is 8.42 Å². The molecule has 3 N–H and O–H groups in total. The smallest absolute Gasteiger partial charge is 0.261 e. The molecule has 6 nitrogen and oxygen atoms in total. The maximum atomic E-state index is 12.4. The molecule has 2 rings (SSSR count). The van der Waals surface area contributed by atoms with Gasteiger partial charge < -0.3 is 10.6 Å². The second-order valence-electron chi connectivity index (χ2n) is 6.16. The van der Waals surface area contributed by atoms with Gasteiger partial charge in [-0.3, -0.25) is 9.52 Å². The molecule has 0 heterocycles. The zero-order chi connectivity index (χ0) is 19.2. The molecule has 1 atom stereocenters. The summed E-state index contributed by atoms with van der Waals surface area (Å²) in [5, 5.41) is 6.03. The van der Waals surface area contributed by atoms with Crippen molar-refractivity contribution in [3.8, 4) is 0 Å². The number of hydrogen-bond acceptors (Lipinski definition) is 4. The number of sulfonamides is 1. The van der Waals surface area contributed by atoms with Crippen LogP contribution in [0.1, 0.15) is 29.8 Å². The third-order valence-electron chi connectivity index (χ3n) is 3.85. The standard InChI is InChI=1S/C19H25N3O3S/c1-4-20-15(3)13-21-19(23)16-7-11-18(12-8-16)26(24,25)22-17-9-5-14(2)6-10-17/h5-12,15,20,22H,4,13H2,1-3H3,(H,21,23)/t15-/m1/s1. The van der Waals surface area contributed by atoms with E-state index in [1.807, 2.05) is 32.9 Å². The number of rotatable bonds is 8. The minimum absolute atomic E-state index is 0.107. The number of nitrogens with one attached hydrogen (secondary N) is 3. The quantitative estimate of drug-likeness (QED) is 0.662. The van der Waals surface area contributed by atoms with E-state index in [-0.39, 0.29) is 16.8 Å². The van der Waals surface area contributed by atoms with E-state index in [4.69, 9.17) is 0 Å². The Labute approximate surface area is 155 Å². The molecule has 26 heavy (non-hydrogen) atoms. The van der Waals surface area contributed by atoms with E-state index in [1.54, 1.807) is 12.1 Å². The van der Waals surface area contributed by atoms with Gasteiger partial charge in [0, 0.05) is 23.8 Å². The second kappa shape index (κ2) is 8.82. The van der Waals surface area contributed by atoms with E-state index in [1.165, 1.54) is 24.3 Å². The zero-order valence-corrected chi connectivity index (χ0v) is 16.1. The lowest BCUT2D eigenvalue weighted by atomic mass is 10.2. The lowest BCUT2D eigenvalue weighted by molar-refractivity contribution is 0.0950. The topological polar surface area (TPSA) is 87.3 Å². The Kier molecular flexibility index (Phi) is 6.76. The molecule has 0 saturated carbocycles. The summed E-state index contributed by atoms with van der Waals surface area (Å²) in [7, 11) is -3.69. The highest BCUT2D eigenvalue weighted by Gasteiger charge is 2.15. The summed E-state index contributed by atoms with van der Waals surface area (Å²) >= 11 is 0. The molecule has 1 amide bonds. The fourth-order valence-corrected chi connectivity index (χ4v) is 3.45. The first-order valence-electron chi connectivity index (χ1n) is 8.53. The Morgan fingerprint density at radius 2 is 1.65 bits per heavy atom. The fraction of sp³-hybridized carbons (Fsp3) is 0.316. The van der Waals surface area contributed by atoms with Crippen LogP contribution in [0.25, 0.3) is 0 Å². The van der Waals surface area contributed by atoms with Gasteiger partial charge in [-0.2, -0.15) is 0 Å². The average molecular weight is 375 g/mol. The molecule has 2 aromatic rings. The zero-order valence-electron chi connectivity index (χ0n) is 15.2. The Morgan fingerprint density at radius 3 is 2.23 bits per heavy atom. The molecule has 0 spiro atoms. The van der Waals surface area contributed by atoms with Gasteiger partial charge in [-0.15, -0.1) is 0 Å². The van der Waals surface area contributed by atoms with Crippen molar-refractivity contribution in [1.29, 1.82) is 0 Å². The summed E-state index contributed by atoms with van der Waals surface area (Å²) in [4.78, 5) is 12.2. The molecule has 0 bridgehead atoms. The highest BCUT2D eigenvalue weighted by molar-refractivity contribution is 7.92. The SMILES string of the molecule is CCN[C@H](C)CNC(=O)c1ccc(S(=O)(=O)Nc2ccc(C)cc2)cc1. The highest BCUT2D eigenvalue weighted by Crippen LogP contribution is 2.17. The van der Waals surface area contributed by atoms with Gasteiger partial charge in [0.2, 0.25) is 0 Å². The molecule has 0 unspecified atom stereocenters. The number of carbonyl (C=O) groups excluding carboxylic acids is 1.